The smallest absolute Gasteiger partial charge is 0.0802 e. The molecule has 1 rings (SSSR count). The van der Waals surface area contributed by atoms with Crippen molar-refractivity contribution in [2.45, 2.75) is 32.8 Å². The standard InChI is InChI=1S/C15H25NO/c1-13(2)9-11-16(3)12-10-15(17)14-7-5-4-6-8-14/h4-8,13,15,17H,9-12H2,1-3H3. The van der Waals surface area contributed by atoms with E-state index in [9.17, 15) is 5.11 Å². The quantitative estimate of drug-likeness (QED) is 0.785. The van der Waals surface area contributed by atoms with Crippen LogP contribution in [0.2, 0.25) is 0 Å². The molecule has 0 amide bonds. The summed E-state index contributed by atoms with van der Waals surface area (Å²) in [6.45, 7) is 6.54. The van der Waals surface area contributed by atoms with E-state index in [1.807, 2.05) is 30.3 Å². The predicted molar refractivity (Wildman–Crippen MR) is 73.0 cm³/mol. The van der Waals surface area contributed by atoms with Crippen molar-refractivity contribution in [3.63, 3.8) is 0 Å². The SMILES string of the molecule is CC(C)CCN(C)CCC(O)c1ccccc1. The minimum atomic E-state index is -0.335. The Bertz CT molecular complexity index is 297. The average molecular weight is 235 g/mol. The van der Waals surface area contributed by atoms with Crippen molar-refractivity contribution >= 4 is 0 Å². The lowest BCUT2D eigenvalue weighted by molar-refractivity contribution is 0.148. The topological polar surface area (TPSA) is 23.5 Å². The second kappa shape index (κ2) is 7.46. The molecule has 0 bridgehead atoms. The van der Waals surface area contributed by atoms with Crippen LogP contribution in [0.15, 0.2) is 30.3 Å². The third kappa shape index (κ3) is 5.85. The lowest BCUT2D eigenvalue weighted by Gasteiger charge is -2.19. The molecule has 0 radical (unpaired) electrons. The van der Waals surface area contributed by atoms with Gasteiger partial charge < -0.3 is 10.0 Å². The largest absolute Gasteiger partial charge is 0.388 e. The molecule has 0 aliphatic rings. The third-order valence-electron chi connectivity index (χ3n) is 3.06. The highest BCUT2D eigenvalue weighted by Crippen LogP contribution is 2.16. The Morgan fingerprint density at radius 3 is 2.24 bits per heavy atom. The highest BCUT2D eigenvalue weighted by molar-refractivity contribution is 5.17. The number of rotatable bonds is 7. The number of benzene rings is 1. The zero-order chi connectivity index (χ0) is 12.7. The Kier molecular flexibility index (Phi) is 6.23. The van der Waals surface area contributed by atoms with Crippen LogP contribution in [0, 0.1) is 5.92 Å². The van der Waals surface area contributed by atoms with Gasteiger partial charge in [0, 0.05) is 6.54 Å². The summed E-state index contributed by atoms with van der Waals surface area (Å²) >= 11 is 0. The van der Waals surface area contributed by atoms with Crippen molar-refractivity contribution in [1.82, 2.24) is 4.90 Å². The molecule has 0 aliphatic heterocycles. The van der Waals surface area contributed by atoms with E-state index in [2.05, 4.69) is 25.8 Å². The summed E-state index contributed by atoms with van der Waals surface area (Å²) < 4.78 is 0. The van der Waals surface area contributed by atoms with E-state index >= 15 is 0 Å². The monoisotopic (exact) mass is 235 g/mol. The molecule has 0 spiro atoms. The summed E-state index contributed by atoms with van der Waals surface area (Å²) in [5, 5.41) is 10.0. The van der Waals surface area contributed by atoms with Gasteiger partial charge in [0.15, 0.2) is 0 Å². The lowest BCUT2D eigenvalue weighted by Crippen LogP contribution is -2.23. The molecule has 0 fully saturated rings. The summed E-state index contributed by atoms with van der Waals surface area (Å²) in [6, 6.07) is 9.89. The van der Waals surface area contributed by atoms with Gasteiger partial charge in [-0.1, -0.05) is 44.2 Å². The van der Waals surface area contributed by atoms with Crippen molar-refractivity contribution in [2.24, 2.45) is 5.92 Å². The molecule has 0 saturated heterocycles. The summed E-state index contributed by atoms with van der Waals surface area (Å²) in [6.07, 6.45) is 1.69. The van der Waals surface area contributed by atoms with Gasteiger partial charge in [-0.2, -0.15) is 0 Å². The maximum Gasteiger partial charge on any atom is 0.0802 e. The summed E-state index contributed by atoms with van der Waals surface area (Å²) in [5.74, 6) is 0.747. The predicted octanol–water partition coefficient (Wildman–Crippen LogP) is 3.09. The number of hydrogen-bond acceptors (Lipinski definition) is 2. The molecule has 96 valence electrons. The molecule has 1 atom stereocenters. The van der Waals surface area contributed by atoms with Gasteiger partial charge in [-0.15, -0.1) is 0 Å². The van der Waals surface area contributed by atoms with Gasteiger partial charge in [0.2, 0.25) is 0 Å². The summed E-state index contributed by atoms with van der Waals surface area (Å²) in [7, 11) is 2.13. The minimum absolute atomic E-state index is 0.335. The first kappa shape index (κ1) is 14.2. The number of aliphatic hydroxyl groups is 1. The Morgan fingerprint density at radius 2 is 1.65 bits per heavy atom. The molecule has 1 aromatic carbocycles. The molecular formula is C15H25NO. The number of nitrogens with zero attached hydrogens (tertiary/aromatic N) is 1. The Balaban J connectivity index is 2.26. The Labute approximate surface area is 105 Å². The van der Waals surface area contributed by atoms with Crippen LogP contribution >= 0.6 is 0 Å². The summed E-state index contributed by atoms with van der Waals surface area (Å²) in [4.78, 5) is 2.30. The molecule has 2 heteroatoms. The maximum atomic E-state index is 10.0. The van der Waals surface area contributed by atoms with Gasteiger partial charge in [0.05, 0.1) is 6.10 Å². The highest BCUT2D eigenvalue weighted by atomic mass is 16.3. The van der Waals surface area contributed by atoms with E-state index < -0.39 is 0 Å². The maximum absolute atomic E-state index is 10.0. The molecule has 0 aromatic heterocycles. The summed E-state index contributed by atoms with van der Waals surface area (Å²) in [5.41, 5.74) is 1.02. The molecule has 1 aromatic rings. The molecule has 17 heavy (non-hydrogen) atoms. The lowest BCUT2D eigenvalue weighted by atomic mass is 10.1. The first-order chi connectivity index (χ1) is 8.09. The average Bonchev–Trinajstić information content (AvgIpc) is 2.34. The van der Waals surface area contributed by atoms with E-state index in [0.717, 1.165) is 31.0 Å². The van der Waals surface area contributed by atoms with E-state index in [4.69, 9.17) is 0 Å². The van der Waals surface area contributed by atoms with Gasteiger partial charge in [-0.25, -0.2) is 0 Å². The second-order valence-corrected chi connectivity index (χ2v) is 5.20. The second-order valence-electron chi connectivity index (χ2n) is 5.20. The minimum Gasteiger partial charge on any atom is -0.388 e. The van der Waals surface area contributed by atoms with Crippen molar-refractivity contribution in [3.8, 4) is 0 Å². The van der Waals surface area contributed by atoms with Crippen LogP contribution in [0.3, 0.4) is 0 Å². The van der Waals surface area contributed by atoms with E-state index in [1.54, 1.807) is 0 Å². The van der Waals surface area contributed by atoms with Gasteiger partial charge in [0.25, 0.3) is 0 Å². The van der Waals surface area contributed by atoms with Crippen LogP contribution in [0.25, 0.3) is 0 Å². The van der Waals surface area contributed by atoms with Gasteiger partial charge in [0.1, 0.15) is 0 Å². The molecule has 0 saturated carbocycles. The molecule has 1 unspecified atom stereocenters. The van der Waals surface area contributed by atoms with Crippen LogP contribution in [0.4, 0.5) is 0 Å². The van der Waals surface area contributed by atoms with Gasteiger partial charge >= 0.3 is 0 Å². The molecular weight excluding hydrogens is 210 g/mol. The Hall–Kier alpha value is -0.860. The van der Waals surface area contributed by atoms with Crippen LogP contribution in [0.1, 0.15) is 38.4 Å². The zero-order valence-corrected chi connectivity index (χ0v) is 11.3. The zero-order valence-electron chi connectivity index (χ0n) is 11.3. The third-order valence-corrected chi connectivity index (χ3v) is 3.06. The van der Waals surface area contributed by atoms with E-state index in [0.29, 0.717) is 0 Å². The van der Waals surface area contributed by atoms with E-state index in [-0.39, 0.29) is 6.10 Å². The fourth-order valence-corrected chi connectivity index (χ4v) is 1.77. The van der Waals surface area contributed by atoms with Crippen LogP contribution < -0.4 is 0 Å². The molecule has 1 N–H and O–H groups in total. The normalized spacial score (nSPS) is 13.3. The van der Waals surface area contributed by atoms with Crippen LogP contribution in [-0.2, 0) is 0 Å². The molecule has 2 nitrogen and oxygen atoms in total. The first-order valence-electron chi connectivity index (χ1n) is 6.51. The molecule has 0 heterocycles. The van der Waals surface area contributed by atoms with Gasteiger partial charge in [-0.3, -0.25) is 0 Å². The Morgan fingerprint density at radius 1 is 1.06 bits per heavy atom. The number of aliphatic hydroxyl groups excluding tert-OH is 1. The van der Waals surface area contributed by atoms with Crippen molar-refractivity contribution < 1.29 is 5.11 Å². The fraction of sp³-hybridized carbons (Fsp3) is 0.600. The fourth-order valence-electron chi connectivity index (χ4n) is 1.77. The number of hydrogen-bond donors (Lipinski definition) is 1. The van der Waals surface area contributed by atoms with E-state index in [1.165, 1.54) is 6.42 Å². The van der Waals surface area contributed by atoms with Crippen LogP contribution in [0.5, 0.6) is 0 Å². The van der Waals surface area contributed by atoms with Crippen molar-refractivity contribution in [1.29, 1.82) is 0 Å². The van der Waals surface area contributed by atoms with Gasteiger partial charge in [-0.05, 0) is 37.9 Å². The highest BCUT2D eigenvalue weighted by Gasteiger charge is 2.08. The first-order valence-corrected chi connectivity index (χ1v) is 6.51. The molecule has 0 aliphatic carbocycles. The van der Waals surface area contributed by atoms with Crippen LogP contribution in [-0.4, -0.2) is 30.1 Å². The van der Waals surface area contributed by atoms with Crippen molar-refractivity contribution in [2.75, 3.05) is 20.1 Å². The van der Waals surface area contributed by atoms with Crippen molar-refractivity contribution in [3.05, 3.63) is 35.9 Å².